The van der Waals surface area contributed by atoms with E-state index in [1.54, 1.807) is 38.5 Å². The highest BCUT2D eigenvalue weighted by atomic mass is 79.9. The minimum absolute atomic E-state index is 0.0516. The van der Waals surface area contributed by atoms with Gasteiger partial charge in [-0.05, 0) is 48.0 Å². The number of benzene rings is 2. The fraction of sp³-hybridized carbons (Fsp3) is 0.118. The van der Waals surface area contributed by atoms with Crippen LogP contribution in [0.3, 0.4) is 0 Å². The molecule has 0 aromatic heterocycles. The third kappa shape index (κ3) is 4.20. The van der Waals surface area contributed by atoms with Crippen molar-refractivity contribution in [3.63, 3.8) is 0 Å². The lowest BCUT2D eigenvalue weighted by Gasteiger charge is -2.05. The topological polar surface area (TPSA) is 35.5 Å². The van der Waals surface area contributed by atoms with Crippen LogP contribution < -0.4 is 9.47 Å². The molecule has 21 heavy (non-hydrogen) atoms. The molecular formula is C17H15BrO3. The number of hydrogen-bond donors (Lipinski definition) is 0. The summed E-state index contributed by atoms with van der Waals surface area (Å²) in [4.78, 5) is 12.1. The summed E-state index contributed by atoms with van der Waals surface area (Å²) in [5.41, 5.74) is 1.49. The zero-order chi connectivity index (χ0) is 15.2. The number of methoxy groups -OCH3 is 2. The highest BCUT2D eigenvalue weighted by Gasteiger charge is 2.03. The lowest BCUT2D eigenvalue weighted by molar-refractivity contribution is 0.104. The van der Waals surface area contributed by atoms with Crippen LogP contribution in [-0.2, 0) is 0 Å². The molecule has 0 aliphatic carbocycles. The van der Waals surface area contributed by atoms with Gasteiger partial charge >= 0.3 is 0 Å². The molecule has 2 aromatic carbocycles. The first-order valence-corrected chi connectivity index (χ1v) is 7.12. The Kier molecular flexibility index (Phi) is 5.17. The molecule has 2 aromatic rings. The first-order valence-electron chi connectivity index (χ1n) is 6.33. The van der Waals surface area contributed by atoms with E-state index in [0.29, 0.717) is 17.1 Å². The van der Waals surface area contributed by atoms with Gasteiger partial charge in [-0.25, -0.2) is 0 Å². The molecule has 0 saturated carbocycles. The Labute approximate surface area is 132 Å². The predicted octanol–water partition coefficient (Wildman–Crippen LogP) is 4.36. The minimum atomic E-state index is -0.0516. The number of carbonyl (C=O) groups is 1. The number of allylic oxidation sites excluding steroid dienone is 1. The van der Waals surface area contributed by atoms with Gasteiger partial charge in [0, 0.05) is 16.1 Å². The van der Waals surface area contributed by atoms with E-state index in [-0.39, 0.29) is 5.78 Å². The summed E-state index contributed by atoms with van der Waals surface area (Å²) in [6.45, 7) is 0. The first-order chi connectivity index (χ1) is 10.1. The average molecular weight is 347 g/mol. The van der Waals surface area contributed by atoms with Gasteiger partial charge in [-0.3, -0.25) is 4.79 Å². The largest absolute Gasteiger partial charge is 0.497 e. The van der Waals surface area contributed by atoms with Crippen molar-refractivity contribution in [1.29, 1.82) is 0 Å². The van der Waals surface area contributed by atoms with Crippen molar-refractivity contribution in [2.24, 2.45) is 0 Å². The van der Waals surface area contributed by atoms with Gasteiger partial charge in [-0.1, -0.05) is 22.0 Å². The van der Waals surface area contributed by atoms with E-state index in [4.69, 9.17) is 9.47 Å². The van der Waals surface area contributed by atoms with Crippen molar-refractivity contribution < 1.29 is 14.3 Å². The Morgan fingerprint density at radius 3 is 2.10 bits per heavy atom. The number of rotatable bonds is 5. The fourth-order valence-corrected chi connectivity index (χ4v) is 2.07. The third-order valence-corrected chi connectivity index (χ3v) is 3.46. The molecule has 4 heteroatoms. The van der Waals surface area contributed by atoms with Gasteiger partial charge in [-0.15, -0.1) is 0 Å². The quantitative estimate of drug-likeness (QED) is 0.595. The summed E-state index contributed by atoms with van der Waals surface area (Å²) in [7, 11) is 3.19. The van der Waals surface area contributed by atoms with Crippen LogP contribution >= 0.6 is 15.9 Å². The molecular weight excluding hydrogens is 332 g/mol. The summed E-state index contributed by atoms with van der Waals surface area (Å²) in [5.74, 6) is 1.32. The second kappa shape index (κ2) is 7.09. The molecule has 0 aliphatic heterocycles. The summed E-state index contributed by atoms with van der Waals surface area (Å²) < 4.78 is 11.3. The summed E-state index contributed by atoms with van der Waals surface area (Å²) >= 11 is 3.34. The zero-order valence-corrected chi connectivity index (χ0v) is 13.4. The Bertz CT molecular complexity index is 638. The van der Waals surface area contributed by atoms with E-state index in [0.717, 1.165) is 10.0 Å². The van der Waals surface area contributed by atoms with Gasteiger partial charge in [-0.2, -0.15) is 0 Å². The van der Waals surface area contributed by atoms with Crippen molar-refractivity contribution in [1.82, 2.24) is 0 Å². The van der Waals surface area contributed by atoms with E-state index in [1.807, 2.05) is 24.3 Å². The third-order valence-electron chi connectivity index (χ3n) is 2.93. The van der Waals surface area contributed by atoms with E-state index in [2.05, 4.69) is 15.9 Å². The van der Waals surface area contributed by atoms with E-state index in [9.17, 15) is 4.79 Å². The Balaban J connectivity index is 2.20. The Hall–Kier alpha value is -2.07. The molecule has 3 nitrogen and oxygen atoms in total. The van der Waals surface area contributed by atoms with Crippen LogP contribution in [0.5, 0.6) is 11.5 Å². The van der Waals surface area contributed by atoms with Crippen molar-refractivity contribution in [3.8, 4) is 11.5 Å². The Morgan fingerprint density at radius 1 is 1.00 bits per heavy atom. The van der Waals surface area contributed by atoms with Crippen LogP contribution in [0.1, 0.15) is 15.9 Å². The first kappa shape index (κ1) is 15.3. The van der Waals surface area contributed by atoms with Crippen molar-refractivity contribution in [3.05, 3.63) is 64.1 Å². The highest BCUT2D eigenvalue weighted by molar-refractivity contribution is 9.10. The predicted molar refractivity (Wildman–Crippen MR) is 87.1 cm³/mol. The highest BCUT2D eigenvalue weighted by Crippen LogP contribution is 2.23. The van der Waals surface area contributed by atoms with Gasteiger partial charge < -0.3 is 9.47 Å². The maximum absolute atomic E-state index is 12.1. The summed E-state index contributed by atoms with van der Waals surface area (Å²) in [6, 6.07) is 12.7. The maximum Gasteiger partial charge on any atom is 0.185 e. The fourth-order valence-electron chi connectivity index (χ4n) is 1.81. The molecule has 0 aliphatic rings. The lowest BCUT2D eigenvalue weighted by Crippen LogP contribution is -1.93. The normalized spacial score (nSPS) is 10.6. The van der Waals surface area contributed by atoms with Gasteiger partial charge in [0.25, 0.3) is 0 Å². The van der Waals surface area contributed by atoms with E-state index in [1.165, 1.54) is 6.08 Å². The van der Waals surface area contributed by atoms with Gasteiger partial charge in [0.2, 0.25) is 0 Å². The van der Waals surface area contributed by atoms with Crippen molar-refractivity contribution in [2.75, 3.05) is 14.2 Å². The molecule has 0 radical (unpaired) electrons. The lowest BCUT2D eigenvalue weighted by atomic mass is 10.1. The molecule has 0 unspecified atom stereocenters. The SMILES string of the molecule is COc1cc(/C=C/C(=O)c2ccc(Br)cc2)cc(OC)c1. The molecule has 0 saturated heterocycles. The molecule has 0 heterocycles. The number of ether oxygens (including phenoxy) is 2. The Morgan fingerprint density at radius 2 is 1.57 bits per heavy atom. The number of carbonyl (C=O) groups excluding carboxylic acids is 1. The van der Waals surface area contributed by atoms with Crippen LogP contribution in [0.4, 0.5) is 0 Å². The van der Waals surface area contributed by atoms with E-state index >= 15 is 0 Å². The van der Waals surface area contributed by atoms with Crippen LogP contribution in [0.25, 0.3) is 6.08 Å². The second-order valence-corrected chi connectivity index (χ2v) is 5.27. The van der Waals surface area contributed by atoms with Crippen molar-refractivity contribution >= 4 is 27.8 Å². The molecule has 108 valence electrons. The molecule has 0 fully saturated rings. The van der Waals surface area contributed by atoms with Crippen LogP contribution in [0.15, 0.2) is 53.0 Å². The van der Waals surface area contributed by atoms with Crippen LogP contribution in [-0.4, -0.2) is 20.0 Å². The van der Waals surface area contributed by atoms with Gasteiger partial charge in [0.1, 0.15) is 11.5 Å². The summed E-state index contributed by atoms with van der Waals surface area (Å²) in [6.07, 6.45) is 3.28. The smallest absolute Gasteiger partial charge is 0.185 e. The second-order valence-electron chi connectivity index (χ2n) is 4.35. The van der Waals surface area contributed by atoms with Gasteiger partial charge in [0.05, 0.1) is 14.2 Å². The monoisotopic (exact) mass is 346 g/mol. The number of hydrogen-bond acceptors (Lipinski definition) is 3. The molecule has 2 rings (SSSR count). The molecule has 0 atom stereocenters. The summed E-state index contributed by atoms with van der Waals surface area (Å²) in [5, 5.41) is 0. The van der Waals surface area contributed by atoms with Crippen LogP contribution in [0, 0.1) is 0 Å². The van der Waals surface area contributed by atoms with Crippen LogP contribution in [0.2, 0.25) is 0 Å². The number of halogens is 1. The standard InChI is InChI=1S/C17H15BrO3/c1-20-15-9-12(10-16(11-15)21-2)3-8-17(19)13-4-6-14(18)7-5-13/h3-11H,1-2H3/b8-3+. The maximum atomic E-state index is 12.1. The molecule has 0 bridgehead atoms. The minimum Gasteiger partial charge on any atom is -0.497 e. The molecule has 0 N–H and O–H groups in total. The average Bonchev–Trinajstić information content (AvgIpc) is 2.52. The van der Waals surface area contributed by atoms with E-state index < -0.39 is 0 Å². The number of ketones is 1. The molecule has 0 spiro atoms. The van der Waals surface area contributed by atoms with Gasteiger partial charge in [0.15, 0.2) is 5.78 Å². The zero-order valence-electron chi connectivity index (χ0n) is 11.8. The van der Waals surface area contributed by atoms with Crippen molar-refractivity contribution in [2.45, 2.75) is 0 Å². The molecule has 0 amide bonds.